The van der Waals surface area contributed by atoms with Crippen LogP contribution < -0.4 is 11.1 Å². The highest BCUT2D eigenvalue weighted by atomic mass is 16.1. The van der Waals surface area contributed by atoms with E-state index >= 15 is 0 Å². The first-order valence-corrected chi connectivity index (χ1v) is 9.91. The predicted octanol–water partition coefficient (Wildman–Crippen LogP) is 5.10. The van der Waals surface area contributed by atoms with Crippen molar-refractivity contribution in [2.75, 3.05) is 13.1 Å². The molecule has 0 fully saturated rings. The van der Waals surface area contributed by atoms with Gasteiger partial charge in [-0.15, -0.1) is 0 Å². The van der Waals surface area contributed by atoms with Crippen molar-refractivity contribution in [3.05, 3.63) is 12.2 Å². The van der Waals surface area contributed by atoms with E-state index in [2.05, 4.69) is 24.4 Å². The van der Waals surface area contributed by atoms with Gasteiger partial charge in [-0.2, -0.15) is 0 Å². The summed E-state index contributed by atoms with van der Waals surface area (Å²) < 4.78 is 0. The van der Waals surface area contributed by atoms with Crippen molar-refractivity contribution in [3.8, 4) is 0 Å². The molecule has 0 aromatic rings. The lowest BCUT2D eigenvalue weighted by molar-refractivity contribution is -0.117. The van der Waals surface area contributed by atoms with E-state index in [9.17, 15) is 4.79 Å². The van der Waals surface area contributed by atoms with Crippen molar-refractivity contribution in [1.29, 1.82) is 0 Å². The van der Waals surface area contributed by atoms with Crippen LogP contribution in [0.15, 0.2) is 12.2 Å². The molecule has 0 rings (SSSR count). The van der Waals surface area contributed by atoms with Crippen LogP contribution in [0.25, 0.3) is 0 Å². The SMILES string of the molecule is CCCCCCCCC=CCCCCCCCCNCC(N)=O. The number of rotatable bonds is 18. The van der Waals surface area contributed by atoms with E-state index in [0.29, 0.717) is 6.54 Å². The van der Waals surface area contributed by atoms with Gasteiger partial charge < -0.3 is 11.1 Å². The van der Waals surface area contributed by atoms with Crippen molar-refractivity contribution in [2.45, 2.75) is 96.8 Å². The Bertz CT molecular complexity index is 277. The number of nitrogens with two attached hydrogens (primary N) is 1. The smallest absolute Gasteiger partial charge is 0.231 e. The molecule has 3 N–H and O–H groups in total. The Morgan fingerprint density at radius 3 is 1.78 bits per heavy atom. The van der Waals surface area contributed by atoms with Gasteiger partial charge >= 0.3 is 0 Å². The quantitative estimate of drug-likeness (QED) is 0.272. The lowest BCUT2D eigenvalue weighted by Gasteiger charge is -2.02. The van der Waals surface area contributed by atoms with Crippen LogP contribution in [0, 0.1) is 0 Å². The maximum absolute atomic E-state index is 10.5. The molecule has 0 heterocycles. The summed E-state index contributed by atoms with van der Waals surface area (Å²) >= 11 is 0. The van der Waals surface area contributed by atoms with E-state index < -0.39 is 0 Å². The van der Waals surface area contributed by atoms with Crippen LogP contribution in [0.5, 0.6) is 0 Å². The zero-order valence-electron chi connectivity index (χ0n) is 15.5. The molecule has 136 valence electrons. The number of primary amides is 1. The van der Waals surface area contributed by atoms with E-state index in [1.807, 2.05) is 0 Å². The third-order valence-electron chi connectivity index (χ3n) is 4.16. The Hall–Kier alpha value is -0.830. The van der Waals surface area contributed by atoms with Gasteiger partial charge in [0.05, 0.1) is 6.54 Å². The third-order valence-corrected chi connectivity index (χ3v) is 4.16. The van der Waals surface area contributed by atoms with Gasteiger partial charge in [-0.1, -0.05) is 76.9 Å². The van der Waals surface area contributed by atoms with Gasteiger partial charge in [-0.05, 0) is 38.6 Å². The summed E-state index contributed by atoms with van der Waals surface area (Å²) in [5.41, 5.74) is 5.06. The number of hydrogen-bond acceptors (Lipinski definition) is 2. The first kappa shape index (κ1) is 22.2. The number of unbranched alkanes of at least 4 members (excludes halogenated alkanes) is 12. The minimum absolute atomic E-state index is 0.269. The molecule has 0 aliphatic rings. The predicted molar refractivity (Wildman–Crippen MR) is 102 cm³/mol. The summed E-state index contributed by atoms with van der Waals surface area (Å²) in [4.78, 5) is 10.5. The monoisotopic (exact) mass is 324 g/mol. The van der Waals surface area contributed by atoms with Crippen molar-refractivity contribution < 1.29 is 4.79 Å². The minimum atomic E-state index is -0.269. The molecule has 23 heavy (non-hydrogen) atoms. The van der Waals surface area contributed by atoms with Crippen LogP contribution in [-0.4, -0.2) is 19.0 Å². The normalized spacial score (nSPS) is 11.3. The van der Waals surface area contributed by atoms with Gasteiger partial charge in [-0.3, -0.25) is 4.79 Å². The number of amides is 1. The van der Waals surface area contributed by atoms with Crippen LogP contribution in [-0.2, 0) is 4.79 Å². The van der Waals surface area contributed by atoms with Crippen LogP contribution in [0.4, 0.5) is 0 Å². The number of carbonyl (C=O) groups is 1. The van der Waals surface area contributed by atoms with Gasteiger partial charge in [0.2, 0.25) is 5.91 Å². The molecule has 0 radical (unpaired) electrons. The van der Waals surface area contributed by atoms with Gasteiger partial charge in [-0.25, -0.2) is 0 Å². The maximum atomic E-state index is 10.5. The van der Waals surface area contributed by atoms with Crippen LogP contribution in [0.1, 0.15) is 96.8 Å². The number of hydrogen-bond donors (Lipinski definition) is 2. The van der Waals surface area contributed by atoms with Gasteiger partial charge in [0.25, 0.3) is 0 Å². The second kappa shape index (κ2) is 19.2. The molecule has 0 saturated heterocycles. The highest BCUT2D eigenvalue weighted by Crippen LogP contribution is 2.09. The first-order valence-electron chi connectivity index (χ1n) is 9.91. The van der Waals surface area contributed by atoms with E-state index in [1.54, 1.807) is 0 Å². The summed E-state index contributed by atoms with van der Waals surface area (Å²) in [5, 5.41) is 3.05. The molecule has 0 atom stereocenters. The zero-order chi connectivity index (χ0) is 17.0. The molecular weight excluding hydrogens is 284 g/mol. The molecule has 0 aliphatic carbocycles. The second-order valence-electron chi connectivity index (χ2n) is 6.58. The molecule has 3 heteroatoms. The Morgan fingerprint density at radius 2 is 1.26 bits per heavy atom. The summed E-state index contributed by atoms with van der Waals surface area (Å²) in [6, 6.07) is 0. The fraction of sp³-hybridized carbons (Fsp3) is 0.850. The highest BCUT2D eigenvalue weighted by molar-refractivity contribution is 5.75. The molecule has 0 aromatic heterocycles. The fourth-order valence-electron chi connectivity index (χ4n) is 2.71. The lowest BCUT2D eigenvalue weighted by atomic mass is 10.1. The third kappa shape index (κ3) is 21.2. The molecular formula is C20H40N2O. The summed E-state index contributed by atoms with van der Waals surface area (Å²) in [7, 11) is 0. The van der Waals surface area contributed by atoms with Crippen LogP contribution >= 0.6 is 0 Å². The standard InChI is InChI=1S/C20H40N2O/c1-2-3-4-5-6-7-8-9-10-11-12-13-14-15-16-17-18-22-19-20(21)23/h9-10,22H,2-8,11-19H2,1H3,(H2,21,23). The lowest BCUT2D eigenvalue weighted by Crippen LogP contribution is -2.29. The topological polar surface area (TPSA) is 55.1 Å². The van der Waals surface area contributed by atoms with E-state index in [-0.39, 0.29) is 5.91 Å². The van der Waals surface area contributed by atoms with Gasteiger partial charge in [0, 0.05) is 0 Å². The Labute approximate surface area is 144 Å². The summed E-state index contributed by atoms with van der Waals surface area (Å²) in [6.45, 7) is 3.49. The first-order chi connectivity index (χ1) is 11.3. The zero-order valence-corrected chi connectivity index (χ0v) is 15.5. The number of carbonyl (C=O) groups excluding carboxylic acids is 1. The molecule has 0 aliphatic heterocycles. The highest BCUT2D eigenvalue weighted by Gasteiger charge is 1.94. The van der Waals surface area contributed by atoms with E-state index in [0.717, 1.165) is 13.0 Å². The molecule has 0 bridgehead atoms. The second-order valence-corrected chi connectivity index (χ2v) is 6.58. The number of allylic oxidation sites excluding steroid dienone is 2. The van der Waals surface area contributed by atoms with E-state index in [1.165, 1.54) is 83.5 Å². The Balaban J connectivity index is 3.06. The van der Waals surface area contributed by atoms with E-state index in [4.69, 9.17) is 5.73 Å². The Kier molecular flexibility index (Phi) is 18.5. The van der Waals surface area contributed by atoms with Crippen molar-refractivity contribution in [2.24, 2.45) is 5.73 Å². The molecule has 0 unspecified atom stereocenters. The minimum Gasteiger partial charge on any atom is -0.369 e. The van der Waals surface area contributed by atoms with Crippen LogP contribution in [0.2, 0.25) is 0 Å². The fourth-order valence-corrected chi connectivity index (χ4v) is 2.71. The molecule has 0 saturated carbocycles. The van der Waals surface area contributed by atoms with Crippen molar-refractivity contribution >= 4 is 5.91 Å². The largest absolute Gasteiger partial charge is 0.369 e. The van der Waals surface area contributed by atoms with Gasteiger partial charge in [0.15, 0.2) is 0 Å². The maximum Gasteiger partial charge on any atom is 0.231 e. The molecule has 0 aromatic carbocycles. The Morgan fingerprint density at radius 1 is 0.783 bits per heavy atom. The van der Waals surface area contributed by atoms with Crippen LogP contribution in [0.3, 0.4) is 0 Å². The van der Waals surface area contributed by atoms with Crippen molar-refractivity contribution in [1.82, 2.24) is 5.32 Å². The van der Waals surface area contributed by atoms with Gasteiger partial charge in [0.1, 0.15) is 0 Å². The molecule has 3 nitrogen and oxygen atoms in total. The molecule has 0 spiro atoms. The number of nitrogens with one attached hydrogen (secondary N) is 1. The average molecular weight is 325 g/mol. The van der Waals surface area contributed by atoms with Crippen molar-refractivity contribution in [3.63, 3.8) is 0 Å². The summed E-state index contributed by atoms with van der Waals surface area (Å²) in [6.07, 6.45) is 23.3. The summed E-state index contributed by atoms with van der Waals surface area (Å²) in [5.74, 6) is -0.269. The average Bonchev–Trinajstić information content (AvgIpc) is 2.53. The molecule has 1 amide bonds.